The van der Waals surface area contributed by atoms with E-state index in [9.17, 15) is 4.79 Å². The molecule has 1 aromatic carbocycles. The number of piperidine rings is 1. The van der Waals surface area contributed by atoms with Gasteiger partial charge in [0.05, 0.1) is 19.1 Å². The standard InChI is InChI=1S/C17H24N2O3/c20-17(12-16-13-18-8-11-21-16)19-9-6-15(7-10-19)22-14-4-2-1-3-5-14/h1-5,15-16,18H,6-13H2. The molecule has 2 aliphatic heterocycles. The molecule has 0 saturated carbocycles. The SMILES string of the molecule is O=C(CC1CNCCO1)N1CCC(Oc2ccccc2)CC1. The summed E-state index contributed by atoms with van der Waals surface area (Å²) in [6, 6.07) is 9.89. The Labute approximate surface area is 131 Å². The number of nitrogens with one attached hydrogen (secondary N) is 1. The van der Waals surface area contributed by atoms with Crippen molar-refractivity contribution in [3.05, 3.63) is 30.3 Å². The van der Waals surface area contributed by atoms with Gasteiger partial charge in [0.2, 0.25) is 5.91 Å². The lowest BCUT2D eigenvalue weighted by atomic mass is 10.1. The average Bonchev–Trinajstić information content (AvgIpc) is 2.57. The normalized spacial score (nSPS) is 23.3. The van der Waals surface area contributed by atoms with Crippen LogP contribution in [0.2, 0.25) is 0 Å². The van der Waals surface area contributed by atoms with E-state index in [-0.39, 0.29) is 18.1 Å². The summed E-state index contributed by atoms with van der Waals surface area (Å²) < 4.78 is 11.6. The Bertz CT molecular complexity index is 466. The highest BCUT2D eigenvalue weighted by atomic mass is 16.5. The van der Waals surface area contributed by atoms with Crippen molar-refractivity contribution >= 4 is 5.91 Å². The van der Waals surface area contributed by atoms with E-state index in [2.05, 4.69) is 5.32 Å². The summed E-state index contributed by atoms with van der Waals surface area (Å²) in [7, 11) is 0. The minimum Gasteiger partial charge on any atom is -0.490 e. The van der Waals surface area contributed by atoms with Crippen LogP contribution in [-0.2, 0) is 9.53 Å². The first-order valence-electron chi connectivity index (χ1n) is 8.13. The number of rotatable bonds is 4. The van der Waals surface area contributed by atoms with Crippen LogP contribution in [0.3, 0.4) is 0 Å². The van der Waals surface area contributed by atoms with E-state index in [1.165, 1.54) is 0 Å². The largest absolute Gasteiger partial charge is 0.490 e. The van der Waals surface area contributed by atoms with Gasteiger partial charge in [-0.1, -0.05) is 18.2 Å². The molecule has 2 fully saturated rings. The highest BCUT2D eigenvalue weighted by molar-refractivity contribution is 5.76. The number of likely N-dealkylation sites (tertiary alicyclic amines) is 1. The molecular formula is C17H24N2O3. The second kappa shape index (κ2) is 7.61. The van der Waals surface area contributed by atoms with Crippen molar-refractivity contribution in [2.24, 2.45) is 0 Å². The zero-order chi connectivity index (χ0) is 15.2. The van der Waals surface area contributed by atoms with Crippen LogP contribution in [0.25, 0.3) is 0 Å². The first-order chi connectivity index (χ1) is 10.8. The molecule has 0 spiro atoms. The summed E-state index contributed by atoms with van der Waals surface area (Å²) in [4.78, 5) is 14.3. The Balaban J connectivity index is 1.42. The van der Waals surface area contributed by atoms with E-state index < -0.39 is 0 Å². The van der Waals surface area contributed by atoms with E-state index in [4.69, 9.17) is 9.47 Å². The highest BCUT2D eigenvalue weighted by Crippen LogP contribution is 2.19. The van der Waals surface area contributed by atoms with Crippen LogP contribution < -0.4 is 10.1 Å². The van der Waals surface area contributed by atoms with E-state index in [1.807, 2.05) is 35.2 Å². The van der Waals surface area contributed by atoms with Crippen molar-refractivity contribution in [1.82, 2.24) is 10.2 Å². The fourth-order valence-electron chi connectivity index (χ4n) is 2.99. The lowest BCUT2D eigenvalue weighted by Gasteiger charge is -2.33. The maximum absolute atomic E-state index is 12.3. The van der Waals surface area contributed by atoms with E-state index >= 15 is 0 Å². The number of ether oxygens (including phenoxy) is 2. The maximum atomic E-state index is 12.3. The van der Waals surface area contributed by atoms with E-state index in [0.29, 0.717) is 13.0 Å². The number of nitrogens with zero attached hydrogens (tertiary/aromatic N) is 1. The van der Waals surface area contributed by atoms with Gasteiger partial charge in [0.25, 0.3) is 0 Å². The van der Waals surface area contributed by atoms with Gasteiger partial charge in [-0.25, -0.2) is 0 Å². The fraction of sp³-hybridized carbons (Fsp3) is 0.588. The van der Waals surface area contributed by atoms with Crippen LogP contribution in [0.15, 0.2) is 30.3 Å². The van der Waals surface area contributed by atoms with Crippen molar-refractivity contribution in [2.75, 3.05) is 32.8 Å². The molecule has 1 aromatic rings. The van der Waals surface area contributed by atoms with Crippen LogP contribution in [-0.4, -0.2) is 55.8 Å². The van der Waals surface area contributed by atoms with Crippen LogP contribution in [0, 0.1) is 0 Å². The zero-order valence-electron chi connectivity index (χ0n) is 12.9. The first kappa shape index (κ1) is 15.3. The van der Waals surface area contributed by atoms with E-state index in [0.717, 1.165) is 44.8 Å². The second-order valence-electron chi connectivity index (χ2n) is 5.91. The van der Waals surface area contributed by atoms with Gasteiger partial charge in [0.1, 0.15) is 11.9 Å². The summed E-state index contributed by atoms with van der Waals surface area (Å²) >= 11 is 0. The molecule has 2 heterocycles. The molecule has 1 atom stereocenters. The molecule has 1 unspecified atom stereocenters. The van der Waals surface area contributed by atoms with Gasteiger partial charge in [0, 0.05) is 39.0 Å². The van der Waals surface area contributed by atoms with Gasteiger partial charge in [-0.15, -0.1) is 0 Å². The van der Waals surface area contributed by atoms with Crippen molar-refractivity contribution in [3.63, 3.8) is 0 Å². The molecule has 1 N–H and O–H groups in total. The lowest BCUT2D eigenvalue weighted by molar-refractivity contribution is -0.136. The minimum absolute atomic E-state index is 0.0274. The quantitative estimate of drug-likeness (QED) is 0.914. The summed E-state index contributed by atoms with van der Waals surface area (Å²) in [6.07, 6.45) is 2.50. The van der Waals surface area contributed by atoms with Crippen molar-refractivity contribution in [3.8, 4) is 5.75 Å². The number of hydrogen-bond acceptors (Lipinski definition) is 4. The zero-order valence-corrected chi connectivity index (χ0v) is 12.9. The molecule has 3 rings (SSSR count). The number of benzene rings is 1. The maximum Gasteiger partial charge on any atom is 0.225 e. The second-order valence-corrected chi connectivity index (χ2v) is 5.91. The van der Waals surface area contributed by atoms with E-state index in [1.54, 1.807) is 0 Å². The molecule has 120 valence electrons. The fourth-order valence-corrected chi connectivity index (χ4v) is 2.99. The molecule has 1 amide bonds. The third kappa shape index (κ3) is 4.21. The third-order valence-corrected chi connectivity index (χ3v) is 4.25. The minimum atomic E-state index is 0.0274. The molecule has 22 heavy (non-hydrogen) atoms. The van der Waals surface area contributed by atoms with Crippen LogP contribution in [0.1, 0.15) is 19.3 Å². The predicted molar refractivity (Wildman–Crippen MR) is 83.9 cm³/mol. The molecule has 2 saturated heterocycles. The van der Waals surface area contributed by atoms with Crippen LogP contribution in [0.5, 0.6) is 5.75 Å². The number of hydrogen-bond donors (Lipinski definition) is 1. The van der Waals surface area contributed by atoms with Gasteiger partial charge in [-0.3, -0.25) is 4.79 Å². The molecule has 0 bridgehead atoms. The number of para-hydroxylation sites is 1. The Morgan fingerprint density at radius 2 is 2.05 bits per heavy atom. The number of morpholine rings is 1. The van der Waals surface area contributed by atoms with Crippen molar-refractivity contribution < 1.29 is 14.3 Å². The highest BCUT2D eigenvalue weighted by Gasteiger charge is 2.26. The van der Waals surface area contributed by atoms with Gasteiger partial charge >= 0.3 is 0 Å². The number of amides is 1. The summed E-state index contributed by atoms with van der Waals surface area (Å²) in [5.41, 5.74) is 0. The Kier molecular flexibility index (Phi) is 5.29. The summed E-state index contributed by atoms with van der Waals surface area (Å²) in [5, 5.41) is 3.26. The summed E-state index contributed by atoms with van der Waals surface area (Å²) in [5.74, 6) is 1.11. The molecule has 5 heteroatoms. The topological polar surface area (TPSA) is 50.8 Å². The van der Waals surface area contributed by atoms with Gasteiger partial charge in [-0.05, 0) is 12.1 Å². The van der Waals surface area contributed by atoms with Crippen molar-refractivity contribution in [2.45, 2.75) is 31.5 Å². The van der Waals surface area contributed by atoms with Crippen LogP contribution in [0.4, 0.5) is 0 Å². The Morgan fingerprint density at radius 3 is 2.73 bits per heavy atom. The van der Waals surface area contributed by atoms with Gasteiger partial charge in [-0.2, -0.15) is 0 Å². The van der Waals surface area contributed by atoms with Gasteiger partial charge < -0.3 is 19.7 Å². The smallest absolute Gasteiger partial charge is 0.225 e. The first-order valence-corrected chi connectivity index (χ1v) is 8.13. The molecular weight excluding hydrogens is 280 g/mol. The van der Waals surface area contributed by atoms with Crippen molar-refractivity contribution in [1.29, 1.82) is 0 Å². The monoisotopic (exact) mass is 304 g/mol. The molecule has 5 nitrogen and oxygen atoms in total. The summed E-state index contributed by atoms with van der Waals surface area (Å²) in [6.45, 7) is 3.91. The Hall–Kier alpha value is -1.59. The average molecular weight is 304 g/mol. The molecule has 0 radical (unpaired) electrons. The predicted octanol–water partition coefficient (Wildman–Crippen LogP) is 1.43. The molecule has 2 aliphatic rings. The lowest BCUT2D eigenvalue weighted by Crippen LogP contribution is -2.45. The number of carbonyl (C=O) groups is 1. The van der Waals surface area contributed by atoms with Gasteiger partial charge in [0.15, 0.2) is 0 Å². The number of carbonyl (C=O) groups excluding carboxylic acids is 1. The molecule has 0 aromatic heterocycles. The Morgan fingerprint density at radius 1 is 1.27 bits per heavy atom. The third-order valence-electron chi connectivity index (χ3n) is 4.25. The van der Waals surface area contributed by atoms with Crippen LogP contribution >= 0.6 is 0 Å². The molecule has 0 aliphatic carbocycles.